The number of carbonyl (C=O) groups excluding carboxylic acids is 1. The third-order valence-electron chi connectivity index (χ3n) is 2.69. The molecule has 86 valence electrons. The zero-order valence-electron chi connectivity index (χ0n) is 8.56. The summed E-state index contributed by atoms with van der Waals surface area (Å²) in [5.74, 6) is 0.375. The Kier molecular flexibility index (Phi) is 2.82. The largest absolute Gasteiger partial charge is 0.382 e. The molecule has 7 heteroatoms. The second kappa shape index (κ2) is 4.13. The summed E-state index contributed by atoms with van der Waals surface area (Å²) in [6.45, 7) is 1.23. The minimum atomic E-state index is -0.291. The van der Waals surface area contributed by atoms with E-state index in [0.29, 0.717) is 23.9 Å². The summed E-state index contributed by atoms with van der Waals surface area (Å²) >= 11 is 5.99. The second-order valence-corrected chi connectivity index (χ2v) is 4.11. The monoisotopic (exact) mass is 241 g/mol. The number of nitrogen functional groups attached to an aromatic ring is 1. The molecule has 4 N–H and O–H groups in total. The first kappa shape index (κ1) is 10.9. The molecule has 0 bridgehead atoms. The number of nitrogens with two attached hydrogens (primary N) is 2. The maximum absolute atomic E-state index is 11.0. The van der Waals surface area contributed by atoms with Crippen LogP contribution >= 0.6 is 11.6 Å². The van der Waals surface area contributed by atoms with Crippen LogP contribution in [0.2, 0.25) is 5.02 Å². The highest BCUT2D eigenvalue weighted by molar-refractivity contribution is 6.35. The molecule has 1 aliphatic heterocycles. The van der Waals surface area contributed by atoms with Gasteiger partial charge in [0.15, 0.2) is 5.82 Å². The molecule has 0 aliphatic carbocycles. The van der Waals surface area contributed by atoms with E-state index in [-0.39, 0.29) is 17.6 Å². The topological polar surface area (TPSA) is 98.1 Å². The van der Waals surface area contributed by atoms with Gasteiger partial charge in [-0.1, -0.05) is 11.6 Å². The van der Waals surface area contributed by atoms with Gasteiger partial charge in [-0.25, -0.2) is 9.97 Å². The summed E-state index contributed by atoms with van der Waals surface area (Å²) in [7, 11) is 0. The van der Waals surface area contributed by atoms with E-state index in [1.54, 1.807) is 0 Å². The molecule has 1 fully saturated rings. The highest BCUT2D eigenvalue weighted by Gasteiger charge is 2.28. The van der Waals surface area contributed by atoms with Crippen molar-refractivity contribution >= 4 is 29.1 Å². The zero-order chi connectivity index (χ0) is 11.7. The standard InChI is InChI=1S/C9H12ClN5O/c10-6-7(11)13-4-14-9(6)15-2-1-5(3-15)8(12)16/h4-5H,1-3H2,(H2,12,16)(H2,11,13,14). The lowest BCUT2D eigenvalue weighted by Gasteiger charge is -2.18. The quantitative estimate of drug-likeness (QED) is 0.761. The van der Waals surface area contributed by atoms with Crippen LogP contribution in [0, 0.1) is 5.92 Å². The second-order valence-electron chi connectivity index (χ2n) is 3.73. The predicted octanol–water partition coefficient (Wildman–Crippen LogP) is 0.0238. The molecule has 6 nitrogen and oxygen atoms in total. The lowest BCUT2D eigenvalue weighted by molar-refractivity contribution is -0.121. The first-order valence-corrected chi connectivity index (χ1v) is 5.27. The number of anilines is 2. The Morgan fingerprint density at radius 3 is 2.94 bits per heavy atom. The highest BCUT2D eigenvalue weighted by Crippen LogP contribution is 2.30. The molecular weight excluding hydrogens is 230 g/mol. The molecule has 1 amide bonds. The SMILES string of the molecule is NC(=O)C1CCN(c2ncnc(N)c2Cl)C1. The van der Waals surface area contributed by atoms with Crippen LogP contribution in [-0.4, -0.2) is 29.0 Å². The van der Waals surface area contributed by atoms with Crippen molar-refractivity contribution in [3.8, 4) is 0 Å². The van der Waals surface area contributed by atoms with Crippen molar-refractivity contribution in [3.63, 3.8) is 0 Å². The molecule has 0 spiro atoms. The van der Waals surface area contributed by atoms with Crippen LogP contribution in [-0.2, 0) is 4.79 Å². The lowest BCUT2D eigenvalue weighted by atomic mass is 10.1. The minimum Gasteiger partial charge on any atom is -0.382 e. The van der Waals surface area contributed by atoms with Gasteiger partial charge >= 0.3 is 0 Å². The van der Waals surface area contributed by atoms with Crippen molar-refractivity contribution in [2.45, 2.75) is 6.42 Å². The Balaban J connectivity index is 2.21. The number of halogens is 1. The van der Waals surface area contributed by atoms with Crippen LogP contribution in [0.4, 0.5) is 11.6 Å². The van der Waals surface area contributed by atoms with Gasteiger partial charge in [0, 0.05) is 13.1 Å². The number of rotatable bonds is 2. The van der Waals surface area contributed by atoms with E-state index in [9.17, 15) is 4.79 Å². The first-order valence-electron chi connectivity index (χ1n) is 4.90. The van der Waals surface area contributed by atoms with E-state index in [0.717, 1.165) is 6.42 Å². The van der Waals surface area contributed by atoms with Crippen LogP contribution in [0.25, 0.3) is 0 Å². The fourth-order valence-corrected chi connectivity index (χ4v) is 2.00. The van der Waals surface area contributed by atoms with Crippen molar-refractivity contribution in [2.24, 2.45) is 11.7 Å². The number of carbonyl (C=O) groups is 1. The number of amides is 1. The molecule has 1 aromatic heterocycles. The van der Waals surface area contributed by atoms with E-state index in [1.165, 1.54) is 6.33 Å². The van der Waals surface area contributed by atoms with E-state index in [2.05, 4.69) is 9.97 Å². The Labute approximate surface area is 97.6 Å². The lowest BCUT2D eigenvalue weighted by Crippen LogP contribution is -2.28. The van der Waals surface area contributed by atoms with Crippen LogP contribution in [0.1, 0.15) is 6.42 Å². The number of hydrogen-bond acceptors (Lipinski definition) is 5. The van der Waals surface area contributed by atoms with Gasteiger partial charge in [0.05, 0.1) is 5.92 Å². The van der Waals surface area contributed by atoms with Crippen LogP contribution in [0.5, 0.6) is 0 Å². The van der Waals surface area contributed by atoms with Crippen molar-refractivity contribution in [1.82, 2.24) is 9.97 Å². The summed E-state index contributed by atoms with van der Waals surface area (Å²) in [6, 6.07) is 0. The van der Waals surface area contributed by atoms with Gasteiger partial charge in [0.2, 0.25) is 5.91 Å². The van der Waals surface area contributed by atoms with Gasteiger partial charge in [-0.2, -0.15) is 0 Å². The molecule has 1 aromatic rings. The molecule has 16 heavy (non-hydrogen) atoms. The number of nitrogens with zero attached hydrogens (tertiary/aromatic N) is 3. The van der Waals surface area contributed by atoms with E-state index in [1.807, 2.05) is 4.90 Å². The van der Waals surface area contributed by atoms with Gasteiger partial charge in [-0.05, 0) is 6.42 Å². The molecule has 1 atom stereocenters. The predicted molar refractivity (Wildman–Crippen MR) is 61.0 cm³/mol. The molecule has 1 saturated heterocycles. The van der Waals surface area contributed by atoms with Crippen molar-refractivity contribution in [2.75, 3.05) is 23.7 Å². The maximum atomic E-state index is 11.0. The molecule has 0 radical (unpaired) electrons. The first-order chi connectivity index (χ1) is 7.59. The smallest absolute Gasteiger partial charge is 0.222 e. The van der Waals surface area contributed by atoms with Crippen LogP contribution < -0.4 is 16.4 Å². The molecule has 0 saturated carbocycles. The fraction of sp³-hybridized carbons (Fsp3) is 0.444. The molecular formula is C9H12ClN5O. The average Bonchev–Trinajstić information content (AvgIpc) is 2.71. The summed E-state index contributed by atoms with van der Waals surface area (Å²) < 4.78 is 0. The number of hydrogen-bond donors (Lipinski definition) is 2. The Morgan fingerprint density at radius 1 is 1.56 bits per heavy atom. The van der Waals surface area contributed by atoms with Gasteiger partial charge < -0.3 is 16.4 Å². The highest BCUT2D eigenvalue weighted by atomic mass is 35.5. The van der Waals surface area contributed by atoms with Gasteiger partial charge in [-0.3, -0.25) is 4.79 Å². The summed E-state index contributed by atoms with van der Waals surface area (Å²) in [6.07, 6.45) is 2.07. The van der Waals surface area contributed by atoms with E-state index in [4.69, 9.17) is 23.1 Å². The van der Waals surface area contributed by atoms with Crippen molar-refractivity contribution in [3.05, 3.63) is 11.3 Å². The zero-order valence-corrected chi connectivity index (χ0v) is 9.31. The Morgan fingerprint density at radius 2 is 2.31 bits per heavy atom. The number of primary amides is 1. The molecule has 0 aromatic carbocycles. The van der Waals surface area contributed by atoms with Crippen LogP contribution in [0.15, 0.2) is 6.33 Å². The number of aromatic nitrogens is 2. The third kappa shape index (κ3) is 1.88. The molecule has 1 unspecified atom stereocenters. The molecule has 1 aliphatic rings. The molecule has 2 rings (SSSR count). The third-order valence-corrected chi connectivity index (χ3v) is 3.05. The van der Waals surface area contributed by atoms with Gasteiger partial charge in [0.25, 0.3) is 0 Å². The molecule has 2 heterocycles. The Bertz CT molecular complexity index is 424. The fourth-order valence-electron chi connectivity index (χ4n) is 1.78. The van der Waals surface area contributed by atoms with Crippen molar-refractivity contribution in [1.29, 1.82) is 0 Å². The van der Waals surface area contributed by atoms with Crippen molar-refractivity contribution < 1.29 is 4.79 Å². The van der Waals surface area contributed by atoms with Gasteiger partial charge in [-0.15, -0.1) is 0 Å². The van der Waals surface area contributed by atoms with E-state index >= 15 is 0 Å². The average molecular weight is 242 g/mol. The van der Waals surface area contributed by atoms with Gasteiger partial charge in [0.1, 0.15) is 17.2 Å². The summed E-state index contributed by atoms with van der Waals surface area (Å²) in [4.78, 5) is 20.8. The van der Waals surface area contributed by atoms with Crippen LogP contribution in [0.3, 0.4) is 0 Å². The maximum Gasteiger partial charge on any atom is 0.222 e. The Hall–Kier alpha value is -1.56. The van der Waals surface area contributed by atoms with E-state index < -0.39 is 0 Å². The minimum absolute atomic E-state index is 0.146. The normalized spacial score (nSPS) is 20.1. The summed E-state index contributed by atoms with van der Waals surface area (Å²) in [5.41, 5.74) is 10.8. The summed E-state index contributed by atoms with van der Waals surface area (Å²) in [5, 5.41) is 0.327.